The number of rotatable bonds is 5. The van der Waals surface area contributed by atoms with E-state index in [9.17, 15) is 4.39 Å². The molecule has 1 rings (SSSR count). The van der Waals surface area contributed by atoms with E-state index in [1.54, 1.807) is 0 Å². The number of hydrogen-bond donors (Lipinski definition) is 1. The number of hydrogen-bond acceptors (Lipinski definition) is 2. The van der Waals surface area contributed by atoms with Gasteiger partial charge in [0.25, 0.3) is 0 Å². The third-order valence-corrected chi connectivity index (χ3v) is 3.89. The van der Waals surface area contributed by atoms with Gasteiger partial charge in [0, 0.05) is 31.2 Å². The third-order valence-electron chi connectivity index (χ3n) is 3.89. The lowest BCUT2D eigenvalue weighted by Crippen LogP contribution is -2.64. The van der Waals surface area contributed by atoms with Gasteiger partial charge in [-0.05, 0) is 25.7 Å². The van der Waals surface area contributed by atoms with Crippen LogP contribution in [-0.4, -0.2) is 42.8 Å². The normalized spacial score (nSPS) is 32.2. The van der Waals surface area contributed by atoms with E-state index in [4.69, 9.17) is 0 Å². The highest BCUT2D eigenvalue weighted by molar-refractivity contribution is 4.95. The van der Waals surface area contributed by atoms with Crippen molar-refractivity contribution in [2.24, 2.45) is 5.92 Å². The molecular formula is C13H27FN2. The predicted octanol–water partition coefficient (Wildman–Crippen LogP) is 2.44. The molecule has 0 bridgehead atoms. The van der Waals surface area contributed by atoms with Crippen molar-refractivity contribution < 1.29 is 4.39 Å². The second-order valence-electron chi connectivity index (χ2n) is 5.62. The number of halogens is 1. The van der Waals surface area contributed by atoms with E-state index in [1.165, 1.54) is 0 Å². The van der Waals surface area contributed by atoms with Gasteiger partial charge in [0.15, 0.2) is 0 Å². The van der Waals surface area contributed by atoms with E-state index in [0.717, 1.165) is 26.1 Å². The van der Waals surface area contributed by atoms with Crippen molar-refractivity contribution in [3.05, 3.63) is 0 Å². The van der Waals surface area contributed by atoms with Crippen LogP contribution < -0.4 is 5.32 Å². The fraction of sp³-hybridized carbons (Fsp3) is 1.00. The lowest BCUT2D eigenvalue weighted by molar-refractivity contribution is 0.0579. The minimum Gasteiger partial charge on any atom is -0.309 e. The molecule has 0 aliphatic carbocycles. The van der Waals surface area contributed by atoms with Crippen LogP contribution in [0.5, 0.6) is 0 Å². The molecule has 2 unspecified atom stereocenters. The quantitative estimate of drug-likeness (QED) is 0.780. The fourth-order valence-corrected chi connectivity index (χ4v) is 2.50. The van der Waals surface area contributed by atoms with Crippen molar-refractivity contribution in [2.45, 2.75) is 52.1 Å². The molecule has 0 saturated carbocycles. The summed E-state index contributed by atoms with van der Waals surface area (Å²) >= 11 is 0. The molecule has 1 saturated heterocycles. The number of piperazine rings is 1. The van der Waals surface area contributed by atoms with Crippen LogP contribution >= 0.6 is 0 Å². The Bertz CT molecular complexity index is 208. The minimum absolute atomic E-state index is 0.197. The zero-order chi connectivity index (χ0) is 12.2. The lowest BCUT2D eigenvalue weighted by atomic mass is 9.90. The molecule has 0 aromatic heterocycles. The summed E-state index contributed by atoms with van der Waals surface area (Å²) in [5.41, 5.74) is 0.210. The van der Waals surface area contributed by atoms with Gasteiger partial charge in [-0.2, -0.15) is 0 Å². The molecule has 1 aliphatic rings. The Balaban J connectivity index is 2.61. The van der Waals surface area contributed by atoms with Gasteiger partial charge in [0.05, 0.1) is 6.67 Å². The molecule has 0 amide bonds. The first-order chi connectivity index (χ1) is 7.52. The highest BCUT2D eigenvalue weighted by Gasteiger charge is 2.35. The SMILES string of the molecule is CCC1(C)CN(CCCF)C(C(C)C)CN1. The van der Waals surface area contributed by atoms with E-state index in [-0.39, 0.29) is 12.2 Å². The molecule has 2 atom stereocenters. The molecule has 0 aromatic carbocycles. The van der Waals surface area contributed by atoms with Crippen molar-refractivity contribution in [2.75, 3.05) is 26.3 Å². The molecule has 1 fully saturated rings. The number of alkyl halides is 1. The van der Waals surface area contributed by atoms with Gasteiger partial charge in [0.2, 0.25) is 0 Å². The summed E-state index contributed by atoms with van der Waals surface area (Å²) in [6.07, 6.45) is 1.80. The Labute approximate surface area is 99.6 Å². The summed E-state index contributed by atoms with van der Waals surface area (Å²) in [5.74, 6) is 0.633. The van der Waals surface area contributed by atoms with Gasteiger partial charge in [-0.3, -0.25) is 9.29 Å². The van der Waals surface area contributed by atoms with E-state index >= 15 is 0 Å². The average molecular weight is 230 g/mol. The fourth-order valence-electron chi connectivity index (χ4n) is 2.50. The number of nitrogens with zero attached hydrogens (tertiary/aromatic N) is 1. The molecule has 16 heavy (non-hydrogen) atoms. The van der Waals surface area contributed by atoms with Gasteiger partial charge in [-0.15, -0.1) is 0 Å². The first-order valence-electron chi connectivity index (χ1n) is 6.57. The maximum atomic E-state index is 12.3. The standard InChI is InChI=1S/C13H27FN2/c1-5-13(4)10-16(8-6-7-14)12(9-15-13)11(2)3/h11-12,15H,5-10H2,1-4H3. The van der Waals surface area contributed by atoms with Gasteiger partial charge in [0.1, 0.15) is 0 Å². The smallest absolute Gasteiger partial charge is 0.0906 e. The molecule has 1 aliphatic heterocycles. The van der Waals surface area contributed by atoms with Crippen molar-refractivity contribution in [3.8, 4) is 0 Å². The maximum Gasteiger partial charge on any atom is 0.0906 e. The van der Waals surface area contributed by atoms with E-state index < -0.39 is 0 Å². The van der Waals surface area contributed by atoms with Crippen molar-refractivity contribution in [3.63, 3.8) is 0 Å². The Morgan fingerprint density at radius 3 is 2.69 bits per heavy atom. The summed E-state index contributed by atoms with van der Waals surface area (Å²) in [7, 11) is 0. The van der Waals surface area contributed by atoms with Crippen molar-refractivity contribution in [1.82, 2.24) is 10.2 Å². The molecule has 96 valence electrons. The highest BCUT2D eigenvalue weighted by atomic mass is 19.1. The van der Waals surface area contributed by atoms with E-state index in [2.05, 4.69) is 37.9 Å². The Kier molecular flexibility index (Phi) is 5.19. The molecule has 3 heteroatoms. The number of nitrogens with one attached hydrogen (secondary N) is 1. The average Bonchev–Trinajstić information content (AvgIpc) is 2.26. The van der Waals surface area contributed by atoms with Crippen molar-refractivity contribution >= 4 is 0 Å². The maximum absolute atomic E-state index is 12.3. The van der Waals surface area contributed by atoms with E-state index in [1.807, 2.05) is 0 Å². The van der Waals surface area contributed by atoms with Gasteiger partial charge >= 0.3 is 0 Å². The summed E-state index contributed by atoms with van der Waals surface area (Å²) in [6, 6.07) is 0.561. The topological polar surface area (TPSA) is 15.3 Å². The summed E-state index contributed by atoms with van der Waals surface area (Å²) in [4.78, 5) is 2.48. The predicted molar refractivity (Wildman–Crippen MR) is 67.5 cm³/mol. The monoisotopic (exact) mass is 230 g/mol. The van der Waals surface area contributed by atoms with Crippen LogP contribution in [0.25, 0.3) is 0 Å². The Morgan fingerprint density at radius 1 is 1.50 bits per heavy atom. The van der Waals surface area contributed by atoms with Crippen LogP contribution in [-0.2, 0) is 0 Å². The third kappa shape index (κ3) is 3.42. The minimum atomic E-state index is -0.197. The summed E-state index contributed by atoms with van der Waals surface area (Å²) in [5, 5.41) is 3.65. The van der Waals surface area contributed by atoms with Crippen LogP contribution in [0.2, 0.25) is 0 Å². The zero-order valence-corrected chi connectivity index (χ0v) is 11.2. The first kappa shape index (κ1) is 13.9. The molecule has 0 aromatic rings. The first-order valence-corrected chi connectivity index (χ1v) is 6.57. The van der Waals surface area contributed by atoms with Crippen LogP contribution in [0, 0.1) is 5.92 Å². The van der Waals surface area contributed by atoms with Crippen LogP contribution in [0.3, 0.4) is 0 Å². The molecular weight excluding hydrogens is 203 g/mol. The molecule has 0 spiro atoms. The Hall–Kier alpha value is -0.150. The summed E-state index contributed by atoms with van der Waals surface area (Å²) in [6.45, 7) is 11.8. The highest BCUT2D eigenvalue weighted by Crippen LogP contribution is 2.22. The molecule has 0 radical (unpaired) electrons. The lowest BCUT2D eigenvalue weighted by Gasteiger charge is -2.47. The van der Waals surface area contributed by atoms with E-state index in [0.29, 0.717) is 18.4 Å². The largest absolute Gasteiger partial charge is 0.309 e. The van der Waals surface area contributed by atoms with Crippen LogP contribution in [0.1, 0.15) is 40.5 Å². The van der Waals surface area contributed by atoms with Crippen molar-refractivity contribution in [1.29, 1.82) is 0 Å². The van der Waals surface area contributed by atoms with Crippen LogP contribution in [0.4, 0.5) is 4.39 Å². The second-order valence-corrected chi connectivity index (χ2v) is 5.62. The molecule has 2 nitrogen and oxygen atoms in total. The van der Waals surface area contributed by atoms with Gasteiger partial charge < -0.3 is 5.32 Å². The van der Waals surface area contributed by atoms with Gasteiger partial charge in [-0.25, -0.2) is 0 Å². The molecule has 1 N–H and O–H groups in total. The Morgan fingerprint density at radius 2 is 2.19 bits per heavy atom. The second kappa shape index (κ2) is 5.97. The van der Waals surface area contributed by atoms with Crippen LogP contribution in [0.15, 0.2) is 0 Å². The van der Waals surface area contributed by atoms with Gasteiger partial charge in [-0.1, -0.05) is 20.8 Å². The zero-order valence-electron chi connectivity index (χ0n) is 11.2. The molecule has 1 heterocycles. The summed E-state index contributed by atoms with van der Waals surface area (Å²) < 4.78 is 12.3.